The fourth-order valence-corrected chi connectivity index (χ4v) is 3.66. The van der Waals surface area contributed by atoms with Crippen molar-refractivity contribution in [2.24, 2.45) is 17.8 Å². The number of nitrogens with zero attached hydrogens (tertiary/aromatic N) is 1. The molecule has 1 aromatic rings. The molecule has 1 saturated carbocycles. The Bertz CT molecular complexity index is 600. The highest BCUT2D eigenvalue weighted by molar-refractivity contribution is 5.93. The Morgan fingerprint density at radius 2 is 1.48 bits per heavy atom. The van der Waals surface area contributed by atoms with E-state index in [4.69, 9.17) is 0 Å². The number of hydrogen-bond acceptors (Lipinski definition) is 3. The van der Waals surface area contributed by atoms with E-state index in [1.165, 1.54) is 5.69 Å². The molecule has 27 heavy (non-hydrogen) atoms. The standard InChI is InChI=1S/C22H35N3O2/c1-5-25(6-2)20-13-11-19(12-14-20)24-22(27)18-9-7-17(8-10-18)21(26)23-15-16(3)4/h11-14,16-18H,5-10,15H2,1-4H3,(H,23,26)(H,24,27). The summed E-state index contributed by atoms with van der Waals surface area (Å²) >= 11 is 0. The van der Waals surface area contributed by atoms with Gasteiger partial charge in [0.15, 0.2) is 0 Å². The minimum absolute atomic E-state index is 0.00149. The first-order valence-electron chi connectivity index (χ1n) is 10.4. The molecule has 150 valence electrons. The van der Waals surface area contributed by atoms with Crippen molar-refractivity contribution in [3.63, 3.8) is 0 Å². The maximum atomic E-state index is 12.6. The maximum absolute atomic E-state index is 12.6. The van der Waals surface area contributed by atoms with E-state index in [0.717, 1.165) is 51.0 Å². The summed E-state index contributed by atoms with van der Waals surface area (Å²) in [5.74, 6) is 0.744. The molecule has 1 aromatic carbocycles. The van der Waals surface area contributed by atoms with Crippen LogP contribution in [-0.2, 0) is 9.59 Å². The first-order valence-corrected chi connectivity index (χ1v) is 10.4. The Kier molecular flexibility index (Phi) is 8.14. The molecule has 0 aliphatic heterocycles. The van der Waals surface area contributed by atoms with E-state index < -0.39 is 0 Å². The van der Waals surface area contributed by atoms with Gasteiger partial charge in [0.1, 0.15) is 0 Å². The molecule has 5 nitrogen and oxygen atoms in total. The average Bonchev–Trinajstić information content (AvgIpc) is 2.68. The highest BCUT2D eigenvalue weighted by atomic mass is 16.2. The van der Waals surface area contributed by atoms with Crippen molar-refractivity contribution < 1.29 is 9.59 Å². The van der Waals surface area contributed by atoms with Gasteiger partial charge in [-0.3, -0.25) is 9.59 Å². The van der Waals surface area contributed by atoms with Crippen molar-refractivity contribution in [2.75, 3.05) is 29.9 Å². The van der Waals surface area contributed by atoms with Crippen LogP contribution in [-0.4, -0.2) is 31.4 Å². The third kappa shape index (κ3) is 6.26. The summed E-state index contributed by atoms with van der Waals surface area (Å²) in [4.78, 5) is 27.0. The Balaban J connectivity index is 1.81. The van der Waals surface area contributed by atoms with E-state index in [2.05, 4.69) is 55.4 Å². The molecule has 0 radical (unpaired) electrons. The van der Waals surface area contributed by atoms with Crippen molar-refractivity contribution in [1.82, 2.24) is 5.32 Å². The van der Waals surface area contributed by atoms with Crippen molar-refractivity contribution >= 4 is 23.2 Å². The van der Waals surface area contributed by atoms with Crippen LogP contribution in [0.2, 0.25) is 0 Å². The molecule has 0 spiro atoms. The van der Waals surface area contributed by atoms with Crippen molar-refractivity contribution in [1.29, 1.82) is 0 Å². The number of nitrogens with one attached hydrogen (secondary N) is 2. The van der Waals surface area contributed by atoms with Gasteiger partial charge in [0.25, 0.3) is 0 Å². The summed E-state index contributed by atoms with van der Waals surface area (Å²) in [5.41, 5.74) is 2.01. The van der Waals surface area contributed by atoms with Crippen LogP contribution in [0, 0.1) is 17.8 Å². The summed E-state index contributed by atoms with van der Waals surface area (Å²) in [6.07, 6.45) is 3.15. The Morgan fingerprint density at radius 3 is 1.96 bits per heavy atom. The Labute approximate surface area is 163 Å². The highest BCUT2D eigenvalue weighted by Crippen LogP contribution is 2.30. The lowest BCUT2D eigenvalue weighted by atomic mass is 9.81. The quantitative estimate of drug-likeness (QED) is 0.723. The molecule has 0 aromatic heterocycles. The summed E-state index contributed by atoms with van der Waals surface area (Å²) < 4.78 is 0. The second kappa shape index (κ2) is 10.3. The molecule has 5 heteroatoms. The molecular weight excluding hydrogens is 338 g/mol. The molecule has 1 aliphatic rings. The minimum atomic E-state index is 0.00149. The van der Waals surface area contributed by atoms with Crippen LogP contribution < -0.4 is 15.5 Å². The summed E-state index contributed by atoms with van der Waals surface area (Å²) in [6.45, 7) is 11.1. The average molecular weight is 374 g/mol. The number of rotatable bonds is 8. The van der Waals surface area contributed by atoms with Crippen LogP contribution in [0.3, 0.4) is 0 Å². The maximum Gasteiger partial charge on any atom is 0.227 e. The Morgan fingerprint density at radius 1 is 0.963 bits per heavy atom. The van der Waals surface area contributed by atoms with E-state index in [0.29, 0.717) is 5.92 Å². The van der Waals surface area contributed by atoms with Gasteiger partial charge in [-0.15, -0.1) is 0 Å². The largest absolute Gasteiger partial charge is 0.372 e. The van der Waals surface area contributed by atoms with Gasteiger partial charge >= 0.3 is 0 Å². The second-order valence-corrected chi connectivity index (χ2v) is 7.90. The van der Waals surface area contributed by atoms with Crippen LogP contribution >= 0.6 is 0 Å². The van der Waals surface area contributed by atoms with Crippen LogP contribution in [0.5, 0.6) is 0 Å². The van der Waals surface area contributed by atoms with Gasteiger partial charge in [-0.2, -0.15) is 0 Å². The smallest absolute Gasteiger partial charge is 0.227 e. The minimum Gasteiger partial charge on any atom is -0.372 e. The van der Waals surface area contributed by atoms with Gasteiger partial charge in [-0.25, -0.2) is 0 Å². The van der Waals surface area contributed by atoms with Crippen LogP contribution in [0.15, 0.2) is 24.3 Å². The molecule has 2 amide bonds. The molecule has 0 saturated heterocycles. The summed E-state index contributed by atoms with van der Waals surface area (Å²) in [6, 6.07) is 8.05. The third-order valence-electron chi connectivity index (χ3n) is 5.42. The van der Waals surface area contributed by atoms with E-state index >= 15 is 0 Å². The van der Waals surface area contributed by atoms with Gasteiger partial charge in [-0.1, -0.05) is 13.8 Å². The van der Waals surface area contributed by atoms with Crippen molar-refractivity contribution in [2.45, 2.75) is 53.4 Å². The fraction of sp³-hybridized carbons (Fsp3) is 0.636. The van der Waals surface area contributed by atoms with E-state index in [1.54, 1.807) is 0 Å². The lowest BCUT2D eigenvalue weighted by Gasteiger charge is -2.27. The van der Waals surface area contributed by atoms with E-state index in [-0.39, 0.29) is 23.7 Å². The number of hydrogen-bond donors (Lipinski definition) is 2. The number of carbonyl (C=O) groups is 2. The molecule has 0 unspecified atom stereocenters. The Hall–Kier alpha value is -2.04. The molecular formula is C22H35N3O2. The summed E-state index contributed by atoms with van der Waals surface area (Å²) in [5, 5.41) is 6.06. The molecule has 0 heterocycles. The van der Waals surface area contributed by atoms with Crippen LogP contribution in [0.4, 0.5) is 11.4 Å². The second-order valence-electron chi connectivity index (χ2n) is 7.90. The zero-order valence-corrected chi connectivity index (χ0v) is 17.3. The van der Waals surface area contributed by atoms with Crippen LogP contribution in [0.25, 0.3) is 0 Å². The monoisotopic (exact) mass is 373 g/mol. The fourth-order valence-electron chi connectivity index (χ4n) is 3.66. The normalized spacial score (nSPS) is 19.6. The number of carbonyl (C=O) groups excluding carboxylic acids is 2. The van der Waals surface area contributed by atoms with Crippen molar-refractivity contribution in [3.8, 4) is 0 Å². The van der Waals surface area contributed by atoms with Gasteiger partial charge in [0.2, 0.25) is 11.8 Å². The van der Waals surface area contributed by atoms with E-state index in [1.807, 2.05) is 12.1 Å². The third-order valence-corrected chi connectivity index (χ3v) is 5.42. The summed E-state index contributed by atoms with van der Waals surface area (Å²) in [7, 11) is 0. The van der Waals surface area contributed by atoms with Crippen molar-refractivity contribution in [3.05, 3.63) is 24.3 Å². The van der Waals surface area contributed by atoms with Gasteiger partial charge in [0, 0.05) is 42.8 Å². The zero-order valence-electron chi connectivity index (χ0n) is 17.3. The molecule has 0 bridgehead atoms. The predicted molar refractivity (Wildman–Crippen MR) is 112 cm³/mol. The number of anilines is 2. The van der Waals surface area contributed by atoms with Crippen LogP contribution in [0.1, 0.15) is 53.4 Å². The van der Waals surface area contributed by atoms with Gasteiger partial charge in [0.05, 0.1) is 0 Å². The first kappa shape index (κ1) is 21.3. The van der Waals surface area contributed by atoms with Gasteiger partial charge < -0.3 is 15.5 Å². The lowest BCUT2D eigenvalue weighted by molar-refractivity contribution is -0.128. The number of benzene rings is 1. The SMILES string of the molecule is CCN(CC)c1ccc(NC(=O)C2CCC(C(=O)NCC(C)C)CC2)cc1. The molecule has 2 N–H and O–H groups in total. The highest BCUT2D eigenvalue weighted by Gasteiger charge is 2.29. The lowest BCUT2D eigenvalue weighted by Crippen LogP contribution is -2.37. The first-order chi connectivity index (χ1) is 12.9. The topological polar surface area (TPSA) is 61.4 Å². The van der Waals surface area contributed by atoms with Gasteiger partial charge in [-0.05, 0) is 69.7 Å². The number of amides is 2. The van der Waals surface area contributed by atoms with E-state index in [9.17, 15) is 9.59 Å². The predicted octanol–water partition coefficient (Wildman–Crippen LogP) is 4.05. The zero-order chi connectivity index (χ0) is 19.8. The molecule has 1 aliphatic carbocycles. The molecule has 0 atom stereocenters. The molecule has 1 fully saturated rings. The molecule has 2 rings (SSSR count).